The van der Waals surface area contributed by atoms with E-state index in [1.807, 2.05) is 0 Å². The quantitative estimate of drug-likeness (QED) is 0.618. The van der Waals surface area contributed by atoms with Gasteiger partial charge in [0.15, 0.2) is 0 Å². The van der Waals surface area contributed by atoms with Crippen LogP contribution in [0.5, 0.6) is 0 Å². The first-order valence-electron chi connectivity index (χ1n) is 5.37. The molecule has 3 N–H and O–H groups in total. The minimum Gasteiger partial charge on any atom is -0.353 e. The second-order valence-electron chi connectivity index (χ2n) is 3.51. The molecule has 14 heavy (non-hydrogen) atoms. The van der Waals surface area contributed by atoms with Crippen molar-refractivity contribution in [2.24, 2.45) is 5.73 Å². The molecule has 1 atom stereocenters. The maximum atomic E-state index is 11.1. The highest BCUT2D eigenvalue weighted by Gasteiger charge is 2.06. The van der Waals surface area contributed by atoms with E-state index in [0.717, 1.165) is 26.1 Å². The van der Waals surface area contributed by atoms with Gasteiger partial charge in [0, 0.05) is 13.1 Å². The minimum absolute atomic E-state index is 0.0717. The van der Waals surface area contributed by atoms with Crippen LogP contribution in [0.2, 0.25) is 0 Å². The fourth-order valence-corrected chi connectivity index (χ4v) is 1.24. The topological polar surface area (TPSA) is 58.4 Å². The van der Waals surface area contributed by atoms with Crippen molar-refractivity contribution in [3.63, 3.8) is 0 Å². The Kier molecular flexibility index (Phi) is 7.42. The molecule has 4 nitrogen and oxygen atoms in total. The second-order valence-corrected chi connectivity index (χ2v) is 3.51. The van der Waals surface area contributed by atoms with Crippen LogP contribution in [0, 0.1) is 0 Å². The van der Waals surface area contributed by atoms with Gasteiger partial charge in [-0.25, -0.2) is 0 Å². The molecule has 0 bridgehead atoms. The molecule has 0 radical (unpaired) electrons. The Morgan fingerprint density at radius 3 is 2.50 bits per heavy atom. The van der Waals surface area contributed by atoms with Crippen LogP contribution in [0.3, 0.4) is 0 Å². The first kappa shape index (κ1) is 13.4. The summed E-state index contributed by atoms with van der Waals surface area (Å²) in [4.78, 5) is 13.4. The van der Waals surface area contributed by atoms with Crippen LogP contribution in [0.25, 0.3) is 0 Å². The summed E-state index contributed by atoms with van der Waals surface area (Å²) >= 11 is 0. The maximum Gasteiger partial charge on any atom is 0.236 e. The van der Waals surface area contributed by atoms with Gasteiger partial charge in [-0.05, 0) is 26.4 Å². The summed E-state index contributed by atoms with van der Waals surface area (Å²) in [5, 5.41) is 2.80. The van der Waals surface area contributed by atoms with E-state index in [1.165, 1.54) is 0 Å². The van der Waals surface area contributed by atoms with Gasteiger partial charge in [0.05, 0.1) is 6.04 Å². The molecule has 0 aliphatic heterocycles. The summed E-state index contributed by atoms with van der Waals surface area (Å²) in [5.41, 5.74) is 5.42. The number of nitrogens with one attached hydrogen (secondary N) is 1. The van der Waals surface area contributed by atoms with Crippen molar-refractivity contribution in [1.82, 2.24) is 10.2 Å². The lowest BCUT2D eigenvalue weighted by Gasteiger charge is -2.19. The zero-order chi connectivity index (χ0) is 11.0. The fraction of sp³-hybridized carbons (Fsp3) is 0.900. The zero-order valence-electron chi connectivity index (χ0n) is 9.55. The molecule has 0 aromatic heterocycles. The van der Waals surface area contributed by atoms with Crippen LogP contribution in [0.15, 0.2) is 0 Å². The van der Waals surface area contributed by atoms with Crippen molar-refractivity contribution >= 4 is 5.91 Å². The van der Waals surface area contributed by atoms with E-state index in [2.05, 4.69) is 24.1 Å². The maximum absolute atomic E-state index is 11.1. The summed E-state index contributed by atoms with van der Waals surface area (Å²) in [6.07, 6.45) is 1.15. The predicted molar refractivity (Wildman–Crippen MR) is 59.1 cm³/mol. The van der Waals surface area contributed by atoms with Gasteiger partial charge in [-0.1, -0.05) is 13.8 Å². The number of amides is 1. The fourth-order valence-electron chi connectivity index (χ4n) is 1.24. The molecule has 84 valence electrons. The highest BCUT2D eigenvalue weighted by atomic mass is 16.2. The first-order valence-corrected chi connectivity index (χ1v) is 5.37. The average molecular weight is 201 g/mol. The van der Waals surface area contributed by atoms with Crippen molar-refractivity contribution in [2.45, 2.75) is 33.2 Å². The summed E-state index contributed by atoms with van der Waals surface area (Å²) in [6.45, 7) is 9.69. The number of carbonyl (C=O) groups is 1. The standard InChI is InChI=1S/C10H23N3O/c1-4-7-13(5-2)8-6-12-10(14)9(3)11/h9H,4-8,11H2,1-3H3,(H,12,14)/t9-/m0/s1. The third-order valence-electron chi connectivity index (χ3n) is 2.13. The highest BCUT2D eigenvalue weighted by molar-refractivity contribution is 5.80. The molecule has 0 fully saturated rings. The Morgan fingerprint density at radius 1 is 1.43 bits per heavy atom. The summed E-state index contributed by atoms with van der Waals surface area (Å²) < 4.78 is 0. The van der Waals surface area contributed by atoms with Gasteiger partial charge in [0.1, 0.15) is 0 Å². The number of rotatable bonds is 7. The van der Waals surface area contributed by atoms with Crippen LogP contribution in [-0.4, -0.2) is 43.0 Å². The van der Waals surface area contributed by atoms with Crippen molar-refractivity contribution in [3.8, 4) is 0 Å². The van der Waals surface area contributed by atoms with Gasteiger partial charge in [0.2, 0.25) is 5.91 Å². The monoisotopic (exact) mass is 201 g/mol. The number of likely N-dealkylation sites (N-methyl/N-ethyl adjacent to an activating group) is 1. The Bertz CT molecular complexity index is 159. The van der Waals surface area contributed by atoms with Crippen LogP contribution in [0.4, 0.5) is 0 Å². The van der Waals surface area contributed by atoms with Crippen molar-refractivity contribution in [2.75, 3.05) is 26.2 Å². The summed E-state index contributed by atoms with van der Waals surface area (Å²) in [7, 11) is 0. The second kappa shape index (κ2) is 7.76. The highest BCUT2D eigenvalue weighted by Crippen LogP contribution is 1.89. The molecule has 0 heterocycles. The normalized spacial score (nSPS) is 12.9. The molecule has 0 spiro atoms. The van der Waals surface area contributed by atoms with Gasteiger partial charge in [-0.2, -0.15) is 0 Å². The number of hydrogen-bond donors (Lipinski definition) is 2. The third-order valence-corrected chi connectivity index (χ3v) is 2.13. The molecule has 0 aromatic carbocycles. The molecular weight excluding hydrogens is 178 g/mol. The van der Waals surface area contributed by atoms with Crippen molar-refractivity contribution in [3.05, 3.63) is 0 Å². The number of carbonyl (C=O) groups excluding carboxylic acids is 1. The number of nitrogens with two attached hydrogens (primary N) is 1. The van der Waals surface area contributed by atoms with Crippen molar-refractivity contribution < 1.29 is 4.79 Å². The van der Waals surface area contributed by atoms with Crippen LogP contribution < -0.4 is 11.1 Å². The SMILES string of the molecule is CCCN(CC)CCNC(=O)[C@H](C)N. The van der Waals surface area contributed by atoms with E-state index < -0.39 is 6.04 Å². The number of hydrogen-bond acceptors (Lipinski definition) is 3. The van der Waals surface area contributed by atoms with Gasteiger partial charge in [-0.3, -0.25) is 4.79 Å². The van der Waals surface area contributed by atoms with Crippen LogP contribution >= 0.6 is 0 Å². The van der Waals surface area contributed by atoms with Gasteiger partial charge >= 0.3 is 0 Å². The molecule has 0 unspecified atom stereocenters. The smallest absolute Gasteiger partial charge is 0.236 e. The molecule has 0 saturated carbocycles. The Morgan fingerprint density at radius 2 is 2.07 bits per heavy atom. The minimum atomic E-state index is -0.406. The van der Waals surface area contributed by atoms with E-state index in [0.29, 0.717) is 6.54 Å². The lowest BCUT2D eigenvalue weighted by atomic mass is 10.3. The average Bonchev–Trinajstić information content (AvgIpc) is 2.16. The molecular formula is C10H23N3O. The first-order chi connectivity index (χ1) is 6.61. The predicted octanol–water partition coefficient (Wildman–Crippen LogP) is 0.182. The molecule has 0 rings (SSSR count). The van der Waals surface area contributed by atoms with Gasteiger partial charge in [-0.15, -0.1) is 0 Å². The Hall–Kier alpha value is -0.610. The van der Waals surface area contributed by atoms with E-state index in [1.54, 1.807) is 6.92 Å². The van der Waals surface area contributed by atoms with E-state index in [-0.39, 0.29) is 5.91 Å². The molecule has 1 amide bonds. The molecule has 4 heteroatoms. The Labute approximate surface area is 86.8 Å². The van der Waals surface area contributed by atoms with Gasteiger partial charge < -0.3 is 16.0 Å². The van der Waals surface area contributed by atoms with E-state index in [9.17, 15) is 4.79 Å². The number of nitrogens with zero attached hydrogens (tertiary/aromatic N) is 1. The molecule has 0 aliphatic carbocycles. The van der Waals surface area contributed by atoms with Crippen molar-refractivity contribution in [1.29, 1.82) is 0 Å². The largest absolute Gasteiger partial charge is 0.353 e. The summed E-state index contributed by atoms with van der Waals surface area (Å²) in [5.74, 6) is -0.0717. The van der Waals surface area contributed by atoms with E-state index >= 15 is 0 Å². The van der Waals surface area contributed by atoms with Gasteiger partial charge in [0.25, 0.3) is 0 Å². The van der Waals surface area contributed by atoms with Crippen LogP contribution in [-0.2, 0) is 4.79 Å². The summed E-state index contributed by atoms with van der Waals surface area (Å²) in [6, 6.07) is -0.406. The lowest BCUT2D eigenvalue weighted by Crippen LogP contribution is -2.42. The lowest BCUT2D eigenvalue weighted by molar-refractivity contribution is -0.122. The van der Waals surface area contributed by atoms with E-state index in [4.69, 9.17) is 5.73 Å². The Balaban J connectivity index is 3.55. The zero-order valence-corrected chi connectivity index (χ0v) is 9.55. The molecule has 0 saturated heterocycles. The molecule has 0 aliphatic rings. The third kappa shape index (κ3) is 5.94. The van der Waals surface area contributed by atoms with Crippen LogP contribution in [0.1, 0.15) is 27.2 Å². The molecule has 0 aromatic rings.